The van der Waals surface area contributed by atoms with Gasteiger partial charge in [0.2, 0.25) is 0 Å². The lowest BCUT2D eigenvalue weighted by molar-refractivity contribution is -0.311. The zero-order chi connectivity index (χ0) is 14.8. The fraction of sp³-hybridized carbons (Fsp3) is 0.647. The first kappa shape index (κ1) is 15.5. The fourth-order valence-electron chi connectivity index (χ4n) is 3.26. The lowest BCUT2D eigenvalue weighted by Crippen LogP contribution is -2.58. The van der Waals surface area contributed by atoms with Crippen LogP contribution in [0, 0.1) is 0 Å². The van der Waals surface area contributed by atoms with E-state index in [1.807, 2.05) is 30.3 Å². The summed E-state index contributed by atoms with van der Waals surface area (Å²) in [6.07, 6.45) is 3.15. The molecule has 1 N–H and O–H groups in total. The Kier molecular flexibility index (Phi) is 4.52. The summed E-state index contributed by atoms with van der Waals surface area (Å²) in [6, 6.07) is 9.95. The summed E-state index contributed by atoms with van der Waals surface area (Å²) in [4.78, 5) is 6.24. The van der Waals surface area contributed by atoms with Crippen molar-refractivity contribution >= 4 is 0 Å². The molecule has 1 aromatic carbocycles. The molecule has 1 aliphatic rings. The van der Waals surface area contributed by atoms with Crippen LogP contribution >= 0.6 is 0 Å². The zero-order valence-electron chi connectivity index (χ0n) is 13.1. The van der Waals surface area contributed by atoms with Crippen LogP contribution < -0.4 is 0 Å². The highest BCUT2D eigenvalue weighted by Gasteiger charge is 2.43. The smallest absolute Gasteiger partial charge is 0.127 e. The number of hydroxylamine groups is 2. The Balaban J connectivity index is 2.20. The van der Waals surface area contributed by atoms with Gasteiger partial charge in [-0.15, -0.1) is 0 Å². The molecule has 1 atom stereocenters. The summed E-state index contributed by atoms with van der Waals surface area (Å²) in [6.45, 7) is 8.86. The van der Waals surface area contributed by atoms with Gasteiger partial charge in [0, 0.05) is 11.1 Å². The molecule has 1 saturated heterocycles. The van der Waals surface area contributed by atoms with E-state index in [-0.39, 0.29) is 23.8 Å². The maximum absolute atomic E-state index is 9.70. The van der Waals surface area contributed by atoms with Gasteiger partial charge in [0.1, 0.15) is 6.10 Å². The summed E-state index contributed by atoms with van der Waals surface area (Å²) in [7, 11) is 0. The van der Waals surface area contributed by atoms with Crippen molar-refractivity contribution in [3.63, 3.8) is 0 Å². The number of piperidine rings is 1. The van der Waals surface area contributed by atoms with E-state index in [0.29, 0.717) is 0 Å². The second-order valence-electron chi connectivity index (χ2n) is 6.96. The highest BCUT2D eigenvalue weighted by molar-refractivity contribution is 5.17. The van der Waals surface area contributed by atoms with E-state index >= 15 is 0 Å². The lowest BCUT2D eigenvalue weighted by Gasteiger charge is -2.52. The molecule has 1 aliphatic heterocycles. The van der Waals surface area contributed by atoms with Crippen LogP contribution in [-0.4, -0.2) is 27.9 Å². The van der Waals surface area contributed by atoms with Gasteiger partial charge in [-0.05, 0) is 52.5 Å². The van der Waals surface area contributed by atoms with Gasteiger partial charge in [0.25, 0.3) is 0 Å². The van der Waals surface area contributed by atoms with Crippen molar-refractivity contribution in [3.05, 3.63) is 35.9 Å². The predicted molar refractivity (Wildman–Crippen MR) is 81.2 cm³/mol. The first-order chi connectivity index (χ1) is 9.37. The molecule has 1 fully saturated rings. The van der Waals surface area contributed by atoms with Crippen LogP contribution in [0.25, 0.3) is 0 Å². The van der Waals surface area contributed by atoms with Crippen molar-refractivity contribution in [1.29, 1.82) is 0 Å². The summed E-state index contributed by atoms with van der Waals surface area (Å²) < 4.78 is 0. The number of nitrogens with zero attached hydrogens (tertiary/aromatic N) is 1. The van der Waals surface area contributed by atoms with Gasteiger partial charge < -0.3 is 5.11 Å². The molecule has 0 aromatic heterocycles. The van der Waals surface area contributed by atoms with Gasteiger partial charge in [-0.2, -0.15) is 5.06 Å². The number of rotatable bonds is 4. The van der Waals surface area contributed by atoms with Crippen LogP contribution in [0.2, 0.25) is 0 Å². The molecular weight excluding hydrogens is 250 g/mol. The second kappa shape index (κ2) is 5.84. The van der Waals surface area contributed by atoms with E-state index in [1.54, 1.807) is 0 Å². The molecule has 0 saturated carbocycles. The minimum Gasteiger partial charge on any atom is -0.393 e. The third-order valence-corrected chi connectivity index (χ3v) is 4.25. The van der Waals surface area contributed by atoms with Gasteiger partial charge in [-0.3, -0.25) is 4.84 Å². The summed E-state index contributed by atoms with van der Waals surface area (Å²) in [5.74, 6) is 0. The molecule has 112 valence electrons. The monoisotopic (exact) mass is 277 g/mol. The number of benzene rings is 1. The van der Waals surface area contributed by atoms with Gasteiger partial charge in [-0.25, -0.2) is 0 Å². The van der Waals surface area contributed by atoms with Gasteiger partial charge in [0.05, 0.1) is 6.61 Å². The number of hydrogen-bond donors (Lipinski definition) is 1. The average Bonchev–Trinajstić information content (AvgIpc) is 2.38. The Bertz CT molecular complexity index is 412. The van der Waals surface area contributed by atoms with Gasteiger partial charge in [0.15, 0.2) is 0 Å². The molecule has 3 nitrogen and oxygen atoms in total. The third kappa shape index (κ3) is 3.22. The Labute approximate surface area is 122 Å². The van der Waals surface area contributed by atoms with Crippen LogP contribution in [-0.2, 0) is 4.84 Å². The normalized spacial score (nSPS) is 23.4. The summed E-state index contributed by atoms with van der Waals surface area (Å²) >= 11 is 0. The van der Waals surface area contributed by atoms with E-state index < -0.39 is 0 Å². The molecule has 3 heteroatoms. The number of aliphatic hydroxyl groups excluding tert-OH is 1. The highest BCUT2D eigenvalue weighted by atomic mass is 16.7. The highest BCUT2D eigenvalue weighted by Crippen LogP contribution is 2.40. The molecule has 0 bridgehead atoms. The van der Waals surface area contributed by atoms with Crippen LogP contribution in [0.3, 0.4) is 0 Å². The molecule has 0 amide bonds. The number of hydrogen-bond acceptors (Lipinski definition) is 3. The van der Waals surface area contributed by atoms with Crippen molar-refractivity contribution in [2.24, 2.45) is 0 Å². The Morgan fingerprint density at radius 2 is 1.65 bits per heavy atom. The molecule has 0 aliphatic carbocycles. The largest absolute Gasteiger partial charge is 0.393 e. The first-order valence-corrected chi connectivity index (χ1v) is 7.50. The van der Waals surface area contributed by atoms with Crippen LogP contribution in [0.15, 0.2) is 30.3 Å². The van der Waals surface area contributed by atoms with E-state index in [1.165, 1.54) is 6.42 Å². The van der Waals surface area contributed by atoms with Crippen molar-refractivity contribution in [2.75, 3.05) is 6.61 Å². The minimum atomic E-state index is -0.298. The van der Waals surface area contributed by atoms with Crippen molar-refractivity contribution < 1.29 is 9.94 Å². The van der Waals surface area contributed by atoms with Crippen LogP contribution in [0.5, 0.6) is 0 Å². The number of aliphatic hydroxyl groups is 1. The zero-order valence-corrected chi connectivity index (χ0v) is 13.1. The molecule has 0 radical (unpaired) electrons. The average molecular weight is 277 g/mol. The quantitative estimate of drug-likeness (QED) is 0.911. The standard InChI is InChI=1S/C17H27NO2/c1-16(2)11-8-12-17(3,4)18(16)20-15(13-19)14-9-6-5-7-10-14/h5-7,9-10,15,19H,8,11-13H2,1-4H3/t15-/m1/s1. The summed E-state index contributed by atoms with van der Waals surface area (Å²) in [5.41, 5.74) is 1.00. The topological polar surface area (TPSA) is 32.7 Å². The van der Waals surface area contributed by atoms with E-state index in [9.17, 15) is 5.11 Å². The predicted octanol–water partition coefficient (Wildman–Crippen LogP) is 3.69. The fourth-order valence-corrected chi connectivity index (χ4v) is 3.26. The molecular formula is C17H27NO2. The van der Waals surface area contributed by atoms with Crippen LogP contribution in [0.1, 0.15) is 58.6 Å². The SMILES string of the molecule is CC1(C)CCCC(C)(C)N1O[C@H](CO)c1ccccc1. The Hall–Kier alpha value is -0.900. The van der Waals surface area contributed by atoms with E-state index in [4.69, 9.17) is 4.84 Å². The van der Waals surface area contributed by atoms with E-state index in [0.717, 1.165) is 18.4 Å². The molecule has 2 rings (SSSR count). The molecule has 0 unspecified atom stereocenters. The van der Waals surface area contributed by atoms with Crippen molar-refractivity contribution in [3.8, 4) is 0 Å². The van der Waals surface area contributed by atoms with Gasteiger partial charge in [-0.1, -0.05) is 30.3 Å². The maximum atomic E-state index is 9.70. The Morgan fingerprint density at radius 3 is 2.15 bits per heavy atom. The molecule has 1 heterocycles. The molecule has 0 spiro atoms. The third-order valence-electron chi connectivity index (χ3n) is 4.25. The van der Waals surface area contributed by atoms with Crippen molar-refractivity contribution in [1.82, 2.24) is 5.06 Å². The lowest BCUT2D eigenvalue weighted by atomic mass is 9.82. The van der Waals surface area contributed by atoms with Crippen LogP contribution in [0.4, 0.5) is 0 Å². The van der Waals surface area contributed by atoms with Gasteiger partial charge >= 0.3 is 0 Å². The maximum Gasteiger partial charge on any atom is 0.127 e. The first-order valence-electron chi connectivity index (χ1n) is 7.50. The van der Waals surface area contributed by atoms with Crippen molar-refractivity contribution in [2.45, 2.75) is 64.1 Å². The second-order valence-corrected chi connectivity index (χ2v) is 6.96. The van der Waals surface area contributed by atoms with E-state index in [2.05, 4.69) is 32.8 Å². The molecule has 1 aromatic rings. The Morgan fingerprint density at radius 1 is 1.10 bits per heavy atom. The minimum absolute atomic E-state index is 0.00727. The summed E-state index contributed by atoms with van der Waals surface area (Å²) in [5, 5.41) is 11.8. The molecule has 20 heavy (non-hydrogen) atoms.